The number of rotatable bonds is 2. The van der Waals surface area contributed by atoms with Crippen LogP contribution in [0.1, 0.15) is 11.1 Å². The lowest BCUT2D eigenvalue weighted by molar-refractivity contribution is -0.141. The first-order valence-corrected chi connectivity index (χ1v) is 7.58. The molecule has 0 fully saturated rings. The molecule has 4 N–H and O–H groups in total. The smallest absolute Gasteiger partial charge is 0.421 e. The van der Waals surface area contributed by atoms with Gasteiger partial charge >= 0.3 is 6.18 Å². The predicted octanol–water partition coefficient (Wildman–Crippen LogP) is 0.918. The summed E-state index contributed by atoms with van der Waals surface area (Å²) >= 11 is 0. The van der Waals surface area contributed by atoms with Crippen LogP contribution in [0, 0.1) is 6.92 Å². The zero-order valence-electron chi connectivity index (χ0n) is 9.87. The van der Waals surface area contributed by atoms with Gasteiger partial charge in [-0.2, -0.15) is 30.0 Å². The Morgan fingerprint density at radius 3 is 1.52 bits per heavy atom. The largest absolute Gasteiger partial charge is 0.506 e. The van der Waals surface area contributed by atoms with E-state index in [2.05, 4.69) is 0 Å². The van der Waals surface area contributed by atoms with Crippen molar-refractivity contribution in [3.63, 3.8) is 0 Å². The lowest BCUT2D eigenvalue weighted by atomic mass is 10.1. The summed E-state index contributed by atoms with van der Waals surface area (Å²) in [5.74, 6) is -3.93. The maximum Gasteiger partial charge on any atom is 0.421 e. The molecule has 0 radical (unpaired) electrons. The molecular formula is C8H7F3O8S2. The van der Waals surface area contributed by atoms with Gasteiger partial charge in [0, 0.05) is 5.56 Å². The molecule has 1 aromatic carbocycles. The Labute approximate surface area is 116 Å². The van der Waals surface area contributed by atoms with Gasteiger partial charge in [0.15, 0.2) is 10.6 Å². The second-order valence-electron chi connectivity index (χ2n) is 3.80. The molecule has 0 aliphatic carbocycles. The maximum atomic E-state index is 12.8. The van der Waals surface area contributed by atoms with Gasteiger partial charge in [-0.3, -0.25) is 9.11 Å². The highest BCUT2D eigenvalue weighted by atomic mass is 32.2. The zero-order chi connectivity index (χ0) is 17.0. The van der Waals surface area contributed by atoms with Crippen LogP contribution in [-0.2, 0) is 26.4 Å². The molecule has 0 aliphatic heterocycles. The molecule has 8 nitrogen and oxygen atoms in total. The minimum atomic E-state index is -5.66. The van der Waals surface area contributed by atoms with Crippen LogP contribution in [-0.4, -0.2) is 36.2 Å². The fraction of sp³-hybridized carbons (Fsp3) is 0.250. The quantitative estimate of drug-likeness (QED) is 0.453. The Bertz CT molecular complexity index is 807. The van der Waals surface area contributed by atoms with Gasteiger partial charge in [-0.05, 0) is 6.92 Å². The fourth-order valence-corrected chi connectivity index (χ4v) is 3.32. The van der Waals surface area contributed by atoms with E-state index in [4.69, 9.17) is 9.11 Å². The van der Waals surface area contributed by atoms with E-state index >= 15 is 0 Å². The third-order valence-corrected chi connectivity index (χ3v) is 4.32. The van der Waals surface area contributed by atoms with Crippen molar-refractivity contribution in [2.24, 2.45) is 0 Å². The van der Waals surface area contributed by atoms with Gasteiger partial charge in [-0.15, -0.1) is 0 Å². The van der Waals surface area contributed by atoms with Crippen molar-refractivity contribution in [3.8, 4) is 11.5 Å². The molecule has 0 unspecified atom stereocenters. The molecule has 0 saturated heterocycles. The van der Waals surface area contributed by atoms with Crippen molar-refractivity contribution >= 4 is 20.2 Å². The van der Waals surface area contributed by atoms with E-state index in [-0.39, 0.29) is 0 Å². The van der Waals surface area contributed by atoms with Gasteiger partial charge < -0.3 is 10.2 Å². The molecule has 0 spiro atoms. The molecule has 1 aromatic rings. The summed E-state index contributed by atoms with van der Waals surface area (Å²) in [6.45, 7) is 0.618. The molecule has 0 amide bonds. The van der Waals surface area contributed by atoms with Gasteiger partial charge in [0.25, 0.3) is 20.2 Å². The molecule has 120 valence electrons. The average molecular weight is 352 g/mol. The Hall–Kier alpha value is -1.57. The minimum absolute atomic E-state index is 0.618. The Balaban J connectivity index is 4.25. The summed E-state index contributed by atoms with van der Waals surface area (Å²) in [6, 6.07) is 0. The second-order valence-corrected chi connectivity index (χ2v) is 6.52. The Morgan fingerprint density at radius 1 is 0.857 bits per heavy atom. The maximum absolute atomic E-state index is 12.8. The zero-order valence-corrected chi connectivity index (χ0v) is 11.5. The molecule has 0 atom stereocenters. The predicted molar refractivity (Wildman–Crippen MR) is 59.1 cm³/mol. The molecule has 0 bridgehead atoms. The first kappa shape index (κ1) is 17.5. The first-order chi connectivity index (χ1) is 9.10. The molecule has 0 saturated carbocycles. The number of benzene rings is 1. The van der Waals surface area contributed by atoms with E-state index in [1.54, 1.807) is 0 Å². The van der Waals surface area contributed by atoms with Crippen molar-refractivity contribution in [3.05, 3.63) is 11.1 Å². The first-order valence-electron chi connectivity index (χ1n) is 4.70. The van der Waals surface area contributed by atoms with Crippen LogP contribution >= 0.6 is 0 Å². The van der Waals surface area contributed by atoms with Crippen molar-refractivity contribution in [1.29, 1.82) is 0 Å². The summed E-state index contributed by atoms with van der Waals surface area (Å²) in [4.78, 5) is -3.84. The normalized spacial score (nSPS) is 13.4. The summed E-state index contributed by atoms with van der Waals surface area (Å²) in [6.07, 6.45) is -5.65. The van der Waals surface area contributed by atoms with Crippen LogP contribution in [0.25, 0.3) is 0 Å². The van der Waals surface area contributed by atoms with Crippen LogP contribution in [0.3, 0.4) is 0 Å². The minimum Gasteiger partial charge on any atom is -0.506 e. The van der Waals surface area contributed by atoms with Gasteiger partial charge in [-0.25, -0.2) is 0 Å². The van der Waals surface area contributed by atoms with Crippen LogP contribution < -0.4 is 0 Å². The second kappa shape index (κ2) is 4.72. The van der Waals surface area contributed by atoms with Crippen LogP contribution in [0.5, 0.6) is 11.5 Å². The lowest BCUT2D eigenvalue weighted by Crippen LogP contribution is -2.16. The highest BCUT2D eigenvalue weighted by Crippen LogP contribution is 2.48. The van der Waals surface area contributed by atoms with Crippen molar-refractivity contribution in [2.75, 3.05) is 0 Å². The number of alkyl halides is 3. The van der Waals surface area contributed by atoms with Crippen LogP contribution in [0.4, 0.5) is 13.2 Å². The van der Waals surface area contributed by atoms with E-state index in [1.807, 2.05) is 0 Å². The topological polar surface area (TPSA) is 149 Å². The van der Waals surface area contributed by atoms with Gasteiger partial charge in [0.1, 0.15) is 16.2 Å². The van der Waals surface area contributed by atoms with Gasteiger partial charge in [0.2, 0.25) is 0 Å². The summed E-state index contributed by atoms with van der Waals surface area (Å²) in [5, 5.41) is 18.8. The number of phenolic OH excluding ortho intramolecular Hbond substituents is 2. The van der Waals surface area contributed by atoms with Gasteiger partial charge in [0.05, 0.1) is 0 Å². The Morgan fingerprint density at radius 2 is 1.24 bits per heavy atom. The van der Waals surface area contributed by atoms with Crippen molar-refractivity contribution < 1.29 is 49.3 Å². The van der Waals surface area contributed by atoms with E-state index in [0.29, 0.717) is 6.92 Å². The summed E-state index contributed by atoms with van der Waals surface area (Å²) < 4.78 is 99.8. The number of hydrogen-bond acceptors (Lipinski definition) is 6. The fourth-order valence-electron chi connectivity index (χ4n) is 1.62. The van der Waals surface area contributed by atoms with E-state index < -0.39 is 58.8 Å². The van der Waals surface area contributed by atoms with E-state index in [0.717, 1.165) is 0 Å². The van der Waals surface area contributed by atoms with E-state index in [1.165, 1.54) is 0 Å². The Kier molecular flexibility index (Phi) is 3.93. The van der Waals surface area contributed by atoms with Gasteiger partial charge in [-0.1, -0.05) is 0 Å². The number of phenols is 2. The van der Waals surface area contributed by atoms with Crippen molar-refractivity contribution in [1.82, 2.24) is 0 Å². The summed E-state index contributed by atoms with van der Waals surface area (Å²) in [7, 11) is -11.1. The molecular weight excluding hydrogens is 345 g/mol. The van der Waals surface area contributed by atoms with Crippen molar-refractivity contribution in [2.45, 2.75) is 22.9 Å². The molecule has 0 heterocycles. The third kappa shape index (κ3) is 3.04. The molecule has 21 heavy (non-hydrogen) atoms. The third-order valence-electron chi connectivity index (χ3n) is 2.39. The summed E-state index contributed by atoms with van der Waals surface area (Å²) in [5.41, 5.74) is -3.60. The standard InChI is InChI=1S/C8H7F3O8S2/c1-2-4(12)7(21(17,18)19)3(8(9,10)11)5(13)6(2)20(14,15)16/h12-13H,1H3,(H,14,15,16)(H,17,18,19). The lowest BCUT2D eigenvalue weighted by Gasteiger charge is -2.18. The van der Waals surface area contributed by atoms with Crippen LogP contribution in [0.2, 0.25) is 0 Å². The molecule has 1 rings (SSSR count). The SMILES string of the molecule is Cc1c(O)c(S(=O)(=O)O)c(C(F)(F)F)c(O)c1S(=O)(=O)O. The monoisotopic (exact) mass is 352 g/mol. The average Bonchev–Trinajstić information content (AvgIpc) is 2.17. The number of aromatic hydroxyl groups is 2. The number of hydrogen-bond donors (Lipinski definition) is 4. The van der Waals surface area contributed by atoms with E-state index in [9.17, 15) is 40.2 Å². The molecule has 13 heteroatoms. The highest BCUT2D eigenvalue weighted by molar-refractivity contribution is 7.86. The molecule has 0 aromatic heterocycles. The number of halogens is 3. The highest BCUT2D eigenvalue weighted by Gasteiger charge is 2.45. The molecule has 0 aliphatic rings. The van der Waals surface area contributed by atoms with Crippen LogP contribution in [0.15, 0.2) is 9.79 Å².